The van der Waals surface area contributed by atoms with Crippen LogP contribution in [-0.4, -0.2) is 22.6 Å². The molecule has 0 heterocycles. The first-order chi connectivity index (χ1) is 6.19. The van der Waals surface area contributed by atoms with Gasteiger partial charge < -0.3 is 5.11 Å². The Bertz CT molecular complexity index is 192. The Kier molecular flexibility index (Phi) is 5.16. The fourth-order valence-electron chi connectivity index (χ4n) is 0.710. The summed E-state index contributed by atoms with van der Waals surface area (Å²) in [5.41, 5.74) is -0.320. The molecule has 0 aromatic rings. The van der Waals surface area contributed by atoms with E-state index in [1.165, 1.54) is 11.8 Å². The van der Waals surface area contributed by atoms with Gasteiger partial charge in [0.2, 0.25) is 0 Å². The fraction of sp³-hybridized carbons (Fsp3) is 0.909. The standard InChI is InChI=1S/C11H22O2S/c1-10(2,3)6-7-14-9(13)11(4,5)8-12/h12H,6-8H2,1-5H3. The van der Waals surface area contributed by atoms with Crippen LogP contribution in [0.1, 0.15) is 41.0 Å². The molecule has 0 amide bonds. The molecular weight excluding hydrogens is 196 g/mol. The first-order valence-electron chi connectivity index (χ1n) is 4.97. The molecule has 0 bridgehead atoms. The van der Waals surface area contributed by atoms with E-state index in [2.05, 4.69) is 20.8 Å². The molecule has 0 radical (unpaired) electrons. The summed E-state index contributed by atoms with van der Waals surface area (Å²) in [5, 5.41) is 9.08. The summed E-state index contributed by atoms with van der Waals surface area (Å²) in [6.07, 6.45) is 1.02. The number of rotatable bonds is 4. The lowest BCUT2D eigenvalue weighted by atomic mass is 9.94. The highest BCUT2D eigenvalue weighted by Gasteiger charge is 2.27. The summed E-state index contributed by atoms with van der Waals surface area (Å²) in [6, 6.07) is 0. The Morgan fingerprint density at radius 2 is 1.71 bits per heavy atom. The second-order valence-corrected chi connectivity index (χ2v) is 6.56. The average Bonchev–Trinajstić information content (AvgIpc) is 2.02. The summed E-state index contributed by atoms with van der Waals surface area (Å²) < 4.78 is 0. The molecule has 0 aromatic heterocycles. The van der Waals surface area contributed by atoms with Gasteiger partial charge in [0.05, 0.1) is 12.0 Å². The average molecular weight is 218 g/mol. The van der Waals surface area contributed by atoms with Crippen molar-refractivity contribution in [2.75, 3.05) is 12.4 Å². The van der Waals surface area contributed by atoms with Gasteiger partial charge in [-0.25, -0.2) is 0 Å². The molecule has 0 aliphatic carbocycles. The molecule has 0 spiro atoms. The van der Waals surface area contributed by atoms with Crippen LogP contribution in [0.25, 0.3) is 0 Å². The first kappa shape index (κ1) is 14.0. The summed E-state index contributed by atoms with van der Waals surface area (Å²) in [7, 11) is 0. The SMILES string of the molecule is CC(C)(C)CCSC(=O)C(C)(C)CO. The minimum Gasteiger partial charge on any atom is -0.395 e. The number of aliphatic hydroxyl groups is 1. The van der Waals surface area contributed by atoms with Crippen molar-refractivity contribution in [3.8, 4) is 0 Å². The Morgan fingerprint density at radius 1 is 1.21 bits per heavy atom. The van der Waals surface area contributed by atoms with Crippen molar-refractivity contribution in [1.29, 1.82) is 0 Å². The highest BCUT2D eigenvalue weighted by atomic mass is 32.2. The number of thioether (sulfide) groups is 1. The summed E-state index contributed by atoms with van der Waals surface area (Å²) in [6.45, 7) is 9.97. The van der Waals surface area contributed by atoms with Gasteiger partial charge in [-0.2, -0.15) is 0 Å². The predicted octanol–water partition coefficient (Wildman–Crippen LogP) is 2.70. The van der Waals surface area contributed by atoms with Gasteiger partial charge in [-0.3, -0.25) is 4.79 Å². The molecule has 0 saturated heterocycles. The lowest BCUT2D eigenvalue weighted by molar-refractivity contribution is -0.119. The molecule has 0 fully saturated rings. The molecule has 0 aliphatic rings. The molecule has 0 rings (SSSR count). The van der Waals surface area contributed by atoms with Crippen LogP contribution in [0.5, 0.6) is 0 Å². The van der Waals surface area contributed by atoms with Crippen LogP contribution in [0, 0.1) is 10.8 Å². The second-order valence-electron chi connectivity index (χ2n) is 5.49. The van der Waals surface area contributed by atoms with Gasteiger partial charge in [-0.05, 0) is 25.7 Å². The molecule has 0 aromatic carbocycles. The zero-order valence-electron chi connectivity index (χ0n) is 9.89. The van der Waals surface area contributed by atoms with Crippen LogP contribution in [0.2, 0.25) is 0 Å². The monoisotopic (exact) mass is 218 g/mol. The Hall–Kier alpha value is -0.0200. The predicted molar refractivity (Wildman–Crippen MR) is 62.4 cm³/mol. The summed E-state index contributed by atoms with van der Waals surface area (Å²) in [4.78, 5) is 11.6. The van der Waals surface area contributed by atoms with Crippen LogP contribution < -0.4 is 0 Å². The molecule has 84 valence electrons. The molecule has 3 heteroatoms. The number of aliphatic hydroxyl groups excluding tert-OH is 1. The molecule has 0 aliphatic heterocycles. The maximum atomic E-state index is 11.6. The number of hydrogen-bond acceptors (Lipinski definition) is 3. The minimum absolute atomic E-state index is 0.0750. The molecular formula is C11H22O2S. The number of carbonyl (C=O) groups is 1. The van der Waals surface area contributed by atoms with Crippen molar-refractivity contribution in [1.82, 2.24) is 0 Å². The number of hydrogen-bond donors (Lipinski definition) is 1. The van der Waals surface area contributed by atoms with Crippen molar-refractivity contribution >= 4 is 16.9 Å². The van der Waals surface area contributed by atoms with Gasteiger partial charge >= 0.3 is 0 Å². The fourth-order valence-corrected chi connectivity index (χ4v) is 2.06. The van der Waals surface area contributed by atoms with Gasteiger partial charge in [0.15, 0.2) is 5.12 Å². The Labute approximate surface area is 91.5 Å². The molecule has 14 heavy (non-hydrogen) atoms. The molecule has 1 N–H and O–H groups in total. The normalized spacial score (nSPS) is 13.0. The first-order valence-corrected chi connectivity index (χ1v) is 5.96. The van der Waals surface area contributed by atoms with E-state index in [9.17, 15) is 4.79 Å². The van der Waals surface area contributed by atoms with Crippen molar-refractivity contribution < 1.29 is 9.90 Å². The quantitative estimate of drug-likeness (QED) is 0.788. The van der Waals surface area contributed by atoms with Crippen LogP contribution >= 0.6 is 11.8 Å². The van der Waals surface area contributed by atoms with Crippen molar-refractivity contribution in [3.05, 3.63) is 0 Å². The van der Waals surface area contributed by atoms with Gasteiger partial charge in [-0.15, -0.1) is 0 Å². The van der Waals surface area contributed by atoms with E-state index < -0.39 is 5.41 Å². The Morgan fingerprint density at radius 3 is 2.07 bits per heavy atom. The van der Waals surface area contributed by atoms with E-state index in [0.29, 0.717) is 0 Å². The third kappa shape index (κ3) is 5.66. The molecule has 0 saturated carbocycles. The lowest BCUT2D eigenvalue weighted by Crippen LogP contribution is -2.26. The van der Waals surface area contributed by atoms with Crippen LogP contribution in [0.3, 0.4) is 0 Å². The summed E-state index contributed by atoms with van der Waals surface area (Å²) >= 11 is 1.34. The third-order valence-corrected chi connectivity index (χ3v) is 3.26. The Balaban J connectivity index is 3.87. The topological polar surface area (TPSA) is 37.3 Å². The molecule has 2 nitrogen and oxygen atoms in total. The molecule has 0 atom stereocenters. The van der Waals surface area contributed by atoms with Crippen molar-refractivity contribution in [2.24, 2.45) is 10.8 Å². The van der Waals surface area contributed by atoms with Crippen molar-refractivity contribution in [2.45, 2.75) is 41.0 Å². The largest absolute Gasteiger partial charge is 0.395 e. The van der Waals surface area contributed by atoms with E-state index in [0.717, 1.165) is 12.2 Å². The third-order valence-electron chi connectivity index (χ3n) is 2.03. The highest BCUT2D eigenvalue weighted by Crippen LogP contribution is 2.27. The van der Waals surface area contributed by atoms with Crippen LogP contribution in [-0.2, 0) is 4.79 Å². The number of carbonyl (C=O) groups excluding carboxylic acids is 1. The van der Waals surface area contributed by atoms with E-state index >= 15 is 0 Å². The van der Waals surface area contributed by atoms with Gasteiger partial charge in [-0.1, -0.05) is 32.5 Å². The minimum atomic E-state index is -0.595. The van der Waals surface area contributed by atoms with E-state index in [1.807, 2.05) is 0 Å². The zero-order chi connectivity index (χ0) is 11.4. The maximum absolute atomic E-state index is 11.6. The summed E-state index contributed by atoms with van der Waals surface area (Å²) in [5.74, 6) is 0.839. The van der Waals surface area contributed by atoms with Crippen LogP contribution in [0.15, 0.2) is 0 Å². The van der Waals surface area contributed by atoms with E-state index in [4.69, 9.17) is 5.11 Å². The smallest absolute Gasteiger partial charge is 0.196 e. The van der Waals surface area contributed by atoms with Crippen LogP contribution in [0.4, 0.5) is 0 Å². The van der Waals surface area contributed by atoms with Gasteiger partial charge in [0.25, 0.3) is 0 Å². The second kappa shape index (κ2) is 5.17. The maximum Gasteiger partial charge on any atom is 0.196 e. The van der Waals surface area contributed by atoms with Crippen molar-refractivity contribution in [3.63, 3.8) is 0 Å². The van der Waals surface area contributed by atoms with Gasteiger partial charge in [0, 0.05) is 5.75 Å². The van der Waals surface area contributed by atoms with E-state index in [1.54, 1.807) is 13.8 Å². The van der Waals surface area contributed by atoms with E-state index in [-0.39, 0.29) is 17.1 Å². The van der Waals surface area contributed by atoms with Gasteiger partial charge in [0.1, 0.15) is 0 Å². The lowest BCUT2D eigenvalue weighted by Gasteiger charge is -2.21. The highest BCUT2D eigenvalue weighted by molar-refractivity contribution is 8.13. The molecule has 0 unspecified atom stereocenters. The zero-order valence-corrected chi connectivity index (χ0v) is 10.7.